The van der Waals surface area contributed by atoms with Gasteiger partial charge in [-0.2, -0.15) is 0 Å². The lowest BCUT2D eigenvalue weighted by molar-refractivity contribution is 0.00701. The second-order valence-electron chi connectivity index (χ2n) is 6.73. The SMILES string of the molecule is CCc1cnc(CNC(=NC)NC2CN(C(=O)OC(C)(C)C)C2)s1. The molecule has 134 valence electrons. The molecule has 8 heteroatoms. The highest BCUT2D eigenvalue weighted by Gasteiger charge is 2.34. The predicted octanol–water partition coefficient (Wildman–Crippen LogP) is 1.99. The molecule has 1 aliphatic rings. The Balaban J connectivity index is 1.72. The maximum atomic E-state index is 11.9. The van der Waals surface area contributed by atoms with E-state index in [0.29, 0.717) is 19.6 Å². The van der Waals surface area contributed by atoms with Gasteiger partial charge in [0, 0.05) is 31.2 Å². The molecule has 0 unspecified atom stereocenters. The van der Waals surface area contributed by atoms with E-state index in [9.17, 15) is 4.79 Å². The Morgan fingerprint density at radius 1 is 1.50 bits per heavy atom. The Morgan fingerprint density at radius 2 is 2.21 bits per heavy atom. The monoisotopic (exact) mass is 353 g/mol. The van der Waals surface area contributed by atoms with Crippen LogP contribution in [0.1, 0.15) is 37.6 Å². The van der Waals surface area contributed by atoms with Gasteiger partial charge in [0.1, 0.15) is 10.6 Å². The number of likely N-dealkylation sites (tertiary alicyclic amines) is 1. The molecule has 0 radical (unpaired) electrons. The normalized spacial score (nSPS) is 15.9. The number of amides is 1. The molecule has 24 heavy (non-hydrogen) atoms. The molecule has 1 aromatic heterocycles. The van der Waals surface area contributed by atoms with E-state index in [2.05, 4.69) is 27.5 Å². The molecule has 1 saturated heterocycles. The van der Waals surface area contributed by atoms with Gasteiger partial charge in [0.15, 0.2) is 5.96 Å². The van der Waals surface area contributed by atoms with Gasteiger partial charge < -0.3 is 20.3 Å². The van der Waals surface area contributed by atoms with Gasteiger partial charge in [-0.1, -0.05) is 6.92 Å². The largest absolute Gasteiger partial charge is 0.444 e. The number of hydrogen-bond acceptors (Lipinski definition) is 5. The van der Waals surface area contributed by atoms with Crippen LogP contribution in [-0.4, -0.2) is 53.7 Å². The van der Waals surface area contributed by atoms with E-state index in [-0.39, 0.29) is 12.1 Å². The number of nitrogens with zero attached hydrogens (tertiary/aromatic N) is 3. The third kappa shape index (κ3) is 5.36. The zero-order valence-corrected chi connectivity index (χ0v) is 15.9. The van der Waals surface area contributed by atoms with Crippen molar-refractivity contribution in [2.24, 2.45) is 4.99 Å². The third-order valence-corrected chi connectivity index (χ3v) is 4.60. The Labute approximate surface area is 147 Å². The summed E-state index contributed by atoms with van der Waals surface area (Å²) < 4.78 is 5.35. The summed E-state index contributed by atoms with van der Waals surface area (Å²) in [6.45, 7) is 9.61. The summed E-state index contributed by atoms with van der Waals surface area (Å²) in [6, 6.07) is 0.186. The summed E-state index contributed by atoms with van der Waals surface area (Å²) in [5.41, 5.74) is -0.460. The summed E-state index contributed by atoms with van der Waals surface area (Å²) in [5, 5.41) is 7.61. The summed E-state index contributed by atoms with van der Waals surface area (Å²) in [7, 11) is 1.74. The number of nitrogens with one attached hydrogen (secondary N) is 2. The van der Waals surface area contributed by atoms with E-state index < -0.39 is 5.60 Å². The highest BCUT2D eigenvalue weighted by molar-refractivity contribution is 7.11. The summed E-state index contributed by atoms with van der Waals surface area (Å²) in [5.74, 6) is 0.720. The first-order valence-electron chi connectivity index (χ1n) is 8.19. The molecule has 1 amide bonds. The number of carbonyl (C=O) groups excluding carboxylic acids is 1. The van der Waals surface area contributed by atoms with Crippen LogP contribution in [0.25, 0.3) is 0 Å². The van der Waals surface area contributed by atoms with Crippen LogP contribution in [0.2, 0.25) is 0 Å². The second-order valence-corrected chi connectivity index (χ2v) is 7.93. The van der Waals surface area contributed by atoms with Crippen molar-refractivity contribution in [2.45, 2.75) is 52.3 Å². The molecule has 7 nitrogen and oxygen atoms in total. The van der Waals surface area contributed by atoms with Gasteiger partial charge in [0.05, 0.1) is 12.6 Å². The van der Waals surface area contributed by atoms with Crippen molar-refractivity contribution in [3.63, 3.8) is 0 Å². The lowest BCUT2D eigenvalue weighted by Crippen LogP contribution is -2.63. The zero-order chi connectivity index (χ0) is 17.7. The number of aromatic nitrogens is 1. The first-order chi connectivity index (χ1) is 11.3. The quantitative estimate of drug-likeness (QED) is 0.639. The Kier molecular flexibility index (Phi) is 6.04. The first-order valence-corrected chi connectivity index (χ1v) is 9.01. The zero-order valence-electron chi connectivity index (χ0n) is 15.0. The highest BCUT2D eigenvalue weighted by Crippen LogP contribution is 2.15. The van der Waals surface area contributed by atoms with Crippen molar-refractivity contribution in [3.05, 3.63) is 16.1 Å². The number of guanidine groups is 1. The van der Waals surface area contributed by atoms with Gasteiger partial charge in [-0.15, -0.1) is 11.3 Å². The minimum Gasteiger partial charge on any atom is -0.444 e. The van der Waals surface area contributed by atoms with Crippen molar-refractivity contribution >= 4 is 23.4 Å². The number of hydrogen-bond donors (Lipinski definition) is 2. The van der Waals surface area contributed by atoms with Gasteiger partial charge in [0.25, 0.3) is 0 Å². The molecule has 1 aromatic rings. The number of thiazole rings is 1. The fourth-order valence-electron chi connectivity index (χ4n) is 2.19. The minimum absolute atomic E-state index is 0.186. The Bertz CT molecular complexity index is 588. The van der Waals surface area contributed by atoms with Crippen LogP contribution in [-0.2, 0) is 17.7 Å². The van der Waals surface area contributed by atoms with E-state index in [1.165, 1.54) is 4.88 Å². The fraction of sp³-hybridized carbons (Fsp3) is 0.688. The molecule has 0 aromatic carbocycles. The second kappa shape index (κ2) is 7.83. The lowest BCUT2D eigenvalue weighted by atomic mass is 10.1. The average Bonchev–Trinajstić information content (AvgIpc) is 2.91. The summed E-state index contributed by atoms with van der Waals surface area (Å²) >= 11 is 1.71. The number of ether oxygens (including phenoxy) is 1. The Morgan fingerprint density at radius 3 is 2.75 bits per heavy atom. The molecule has 2 rings (SSSR count). The van der Waals surface area contributed by atoms with Gasteiger partial charge in [-0.3, -0.25) is 4.99 Å². The molecule has 2 N–H and O–H groups in total. The van der Waals surface area contributed by atoms with E-state index in [1.807, 2.05) is 27.0 Å². The van der Waals surface area contributed by atoms with Crippen LogP contribution in [0, 0.1) is 0 Å². The number of aryl methyl sites for hydroxylation is 1. The van der Waals surface area contributed by atoms with Crippen molar-refractivity contribution in [2.75, 3.05) is 20.1 Å². The van der Waals surface area contributed by atoms with Crippen LogP contribution < -0.4 is 10.6 Å². The van der Waals surface area contributed by atoms with Crippen LogP contribution in [0.5, 0.6) is 0 Å². The smallest absolute Gasteiger partial charge is 0.410 e. The minimum atomic E-state index is -0.460. The molecular weight excluding hydrogens is 326 g/mol. The predicted molar refractivity (Wildman–Crippen MR) is 96.4 cm³/mol. The number of carbonyl (C=O) groups is 1. The number of rotatable bonds is 4. The maximum absolute atomic E-state index is 11.9. The lowest BCUT2D eigenvalue weighted by Gasteiger charge is -2.40. The third-order valence-electron chi connectivity index (χ3n) is 3.45. The van der Waals surface area contributed by atoms with Gasteiger partial charge >= 0.3 is 6.09 Å². The van der Waals surface area contributed by atoms with Crippen molar-refractivity contribution in [1.82, 2.24) is 20.5 Å². The molecule has 0 bridgehead atoms. The highest BCUT2D eigenvalue weighted by atomic mass is 32.1. The van der Waals surface area contributed by atoms with Crippen molar-refractivity contribution in [1.29, 1.82) is 0 Å². The standard InChI is InChI=1S/C16H27N5O2S/c1-6-12-7-18-13(24-12)8-19-14(17-5)20-11-9-21(10-11)15(22)23-16(2,3)4/h7,11H,6,8-10H2,1-5H3,(H2,17,19,20). The van der Waals surface area contributed by atoms with E-state index in [4.69, 9.17) is 4.74 Å². The maximum Gasteiger partial charge on any atom is 0.410 e. The molecular formula is C16H27N5O2S. The van der Waals surface area contributed by atoms with Crippen molar-refractivity contribution < 1.29 is 9.53 Å². The summed E-state index contributed by atoms with van der Waals surface area (Å²) in [6.07, 6.45) is 2.66. The molecule has 0 spiro atoms. The van der Waals surface area contributed by atoms with Crippen LogP contribution in [0.3, 0.4) is 0 Å². The van der Waals surface area contributed by atoms with Crippen LogP contribution in [0.15, 0.2) is 11.2 Å². The molecule has 2 heterocycles. The van der Waals surface area contributed by atoms with E-state index in [0.717, 1.165) is 17.4 Å². The van der Waals surface area contributed by atoms with Crippen molar-refractivity contribution in [3.8, 4) is 0 Å². The molecule has 1 fully saturated rings. The Hall–Kier alpha value is -1.83. The van der Waals surface area contributed by atoms with Gasteiger partial charge in [-0.25, -0.2) is 9.78 Å². The first kappa shape index (κ1) is 18.5. The topological polar surface area (TPSA) is 78.9 Å². The molecule has 0 saturated carbocycles. The van der Waals surface area contributed by atoms with E-state index in [1.54, 1.807) is 23.3 Å². The summed E-state index contributed by atoms with van der Waals surface area (Å²) in [4.78, 5) is 23.5. The van der Waals surface area contributed by atoms with E-state index >= 15 is 0 Å². The fourth-order valence-corrected chi connectivity index (χ4v) is 2.99. The van der Waals surface area contributed by atoms with Crippen LogP contribution in [0.4, 0.5) is 4.79 Å². The van der Waals surface area contributed by atoms with Crippen LogP contribution >= 0.6 is 11.3 Å². The average molecular weight is 353 g/mol. The number of aliphatic imine (C=N–C) groups is 1. The van der Waals surface area contributed by atoms with Gasteiger partial charge in [0.2, 0.25) is 0 Å². The van der Waals surface area contributed by atoms with Gasteiger partial charge in [-0.05, 0) is 27.2 Å². The molecule has 0 aliphatic carbocycles. The molecule has 1 aliphatic heterocycles. The molecule has 0 atom stereocenters.